The Hall–Kier alpha value is -4.88. The largest absolute Gasteiger partial charge is 0.479 e. The van der Waals surface area contributed by atoms with E-state index in [0.29, 0.717) is 19.3 Å². The van der Waals surface area contributed by atoms with Crippen LogP contribution in [0.2, 0.25) is 0 Å². The molecule has 77 heavy (non-hydrogen) atoms. The van der Waals surface area contributed by atoms with Gasteiger partial charge in [0, 0.05) is 19.3 Å². The maximum atomic E-state index is 13.1. The highest BCUT2D eigenvalue weighted by molar-refractivity contribution is 5.74. The zero-order valence-electron chi connectivity index (χ0n) is 47.7. The number of esters is 3. The van der Waals surface area contributed by atoms with Crippen LogP contribution in [0, 0.1) is 0 Å². The number of ether oxygens (including phenoxy) is 5. The van der Waals surface area contributed by atoms with Gasteiger partial charge in [0.05, 0.1) is 6.61 Å². The summed E-state index contributed by atoms with van der Waals surface area (Å²) in [6.07, 6.45) is 59.0. The van der Waals surface area contributed by atoms with Gasteiger partial charge in [-0.3, -0.25) is 14.4 Å². The molecule has 0 aliphatic carbocycles. The Balaban J connectivity index is 2.77. The molecule has 1 heterocycles. The minimum Gasteiger partial charge on any atom is -0.479 e. The maximum absolute atomic E-state index is 13.1. The first-order valence-corrected chi connectivity index (χ1v) is 29.5. The van der Waals surface area contributed by atoms with Gasteiger partial charge in [0.25, 0.3) is 0 Å². The van der Waals surface area contributed by atoms with Crippen LogP contribution in [-0.2, 0) is 42.9 Å². The van der Waals surface area contributed by atoms with Gasteiger partial charge in [-0.25, -0.2) is 4.79 Å². The highest BCUT2D eigenvalue weighted by atomic mass is 16.7. The van der Waals surface area contributed by atoms with E-state index < -0.39 is 67.3 Å². The quantitative estimate of drug-likeness (QED) is 0.0228. The van der Waals surface area contributed by atoms with Crippen molar-refractivity contribution in [3.63, 3.8) is 0 Å². The molecule has 0 bridgehead atoms. The van der Waals surface area contributed by atoms with E-state index in [0.717, 1.165) is 103 Å². The Morgan fingerprint density at radius 3 is 1.30 bits per heavy atom. The molecule has 0 aromatic heterocycles. The molecule has 6 atom stereocenters. The van der Waals surface area contributed by atoms with Crippen LogP contribution < -0.4 is 0 Å². The number of hydrogen-bond donors (Lipinski definition) is 3. The van der Waals surface area contributed by atoms with Crippen molar-refractivity contribution in [2.24, 2.45) is 0 Å². The third-order valence-electron chi connectivity index (χ3n) is 12.5. The average Bonchev–Trinajstić information content (AvgIpc) is 3.42. The van der Waals surface area contributed by atoms with Gasteiger partial charge in [-0.15, -0.1) is 0 Å². The lowest BCUT2D eigenvalue weighted by molar-refractivity contribution is -0.301. The molecule has 1 rings (SSSR count). The van der Waals surface area contributed by atoms with Gasteiger partial charge in [-0.2, -0.15) is 0 Å². The van der Waals surface area contributed by atoms with Crippen LogP contribution in [-0.4, -0.2) is 89.2 Å². The van der Waals surface area contributed by atoms with E-state index in [-0.39, 0.29) is 25.9 Å². The maximum Gasteiger partial charge on any atom is 0.335 e. The molecule has 12 nitrogen and oxygen atoms in total. The topological polar surface area (TPSA) is 175 Å². The fourth-order valence-electron chi connectivity index (χ4n) is 8.09. The zero-order chi connectivity index (χ0) is 56.1. The van der Waals surface area contributed by atoms with E-state index in [9.17, 15) is 34.5 Å². The van der Waals surface area contributed by atoms with Crippen molar-refractivity contribution >= 4 is 23.9 Å². The monoisotopic (exact) mass is 1070 g/mol. The number of aliphatic carboxylic acids is 1. The second-order valence-electron chi connectivity index (χ2n) is 19.5. The molecular formula is C65H102O12. The third-order valence-corrected chi connectivity index (χ3v) is 12.5. The summed E-state index contributed by atoms with van der Waals surface area (Å²) in [5.41, 5.74) is 0. The third kappa shape index (κ3) is 41.8. The summed E-state index contributed by atoms with van der Waals surface area (Å²) in [5, 5.41) is 31.5. The van der Waals surface area contributed by atoms with E-state index in [1.54, 1.807) is 0 Å². The number of aliphatic hydroxyl groups is 2. The first-order chi connectivity index (χ1) is 37.6. The fourth-order valence-corrected chi connectivity index (χ4v) is 8.09. The number of carboxylic acid groups (broad SMARTS) is 1. The predicted octanol–water partition coefficient (Wildman–Crippen LogP) is 15.2. The zero-order valence-corrected chi connectivity index (χ0v) is 47.7. The summed E-state index contributed by atoms with van der Waals surface area (Å²) in [6, 6.07) is 0. The van der Waals surface area contributed by atoms with Gasteiger partial charge in [-0.05, 0) is 96.3 Å². The smallest absolute Gasteiger partial charge is 0.335 e. The minimum absolute atomic E-state index is 0.0448. The molecule has 0 aromatic rings. The van der Waals surface area contributed by atoms with Crippen LogP contribution in [0.25, 0.3) is 0 Å². The molecule has 434 valence electrons. The molecule has 1 saturated heterocycles. The lowest BCUT2D eigenvalue weighted by atomic mass is 9.98. The molecule has 12 heteroatoms. The Labute approximate surface area is 465 Å². The van der Waals surface area contributed by atoms with E-state index in [4.69, 9.17) is 23.7 Å². The second kappa shape index (κ2) is 51.9. The van der Waals surface area contributed by atoms with Crippen molar-refractivity contribution in [1.29, 1.82) is 0 Å². The normalized spacial score (nSPS) is 18.9. The molecule has 1 aliphatic rings. The summed E-state index contributed by atoms with van der Waals surface area (Å²) in [4.78, 5) is 51.1. The van der Waals surface area contributed by atoms with Crippen molar-refractivity contribution in [1.82, 2.24) is 0 Å². The molecule has 1 fully saturated rings. The number of carbonyl (C=O) groups excluding carboxylic acids is 3. The summed E-state index contributed by atoms with van der Waals surface area (Å²) < 4.78 is 28.3. The van der Waals surface area contributed by atoms with Gasteiger partial charge in [0.2, 0.25) is 0 Å². The Morgan fingerprint density at radius 2 is 0.844 bits per heavy atom. The molecule has 0 saturated carbocycles. The van der Waals surface area contributed by atoms with E-state index >= 15 is 0 Å². The Kier molecular flexibility index (Phi) is 47.2. The van der Waals surface area contributed by atoms with E-state index in [2.05, 4.69) is 130 Å². The van der Waals surface area contributed by atoms with Crippen molar-refractivity contribution in [3.8, 4) is 0 Å². The minimum atomic E-state index is -1.92. The lowest BCUT2D eigenvalue weighted by Gasteiger charge is -2.40. The van der Waals surface area contributed by atoms with Gasteiger partial charge < -0.3 is 39.0 Å². The van der Waals surface area contributed by atoms with Gasteiger partial charge in [0.1, 0.15) is 18.8 Å². The average molecular weight is 1080 g/mol. The molecule has 0 spiro atoms. The molecule has 0 aromatic carbocycles. The first kappa shape index (κ1) is 70.1. The van der Waals surface area contributed by atoms with Gasteiger partial charge in [0.15, 0.2) is 24.6 Å². The van der Waals surface area contributed by atoms with Gasteiger partial charge >= 0.3 is 23.9 Å². The lowest BCUT2D eigenvalue weighted by Crippen LogP contribution is -2.61. The number of carboxylic acids is 1. The molecular weight excluding hydrogens is 973 g/mol. The SMILES string of the molecule is CC/C=C\C/C=C\C/C=C\C/C=C\C/C=C\C/C=C\CCC(=O)OCC(COC1OC(C(=O)O)C(O)C(O)C1OC(=O)CCCCCCCCCCCCCCC)OC(=O)CCCC/C=C\C/C=C\C/C=C\C/C=C\CC. The summed E-state index contributed by atoms with van der Waals surface area (Å²) in [6.45, 7) is 5.65. The number of allylic oxidation sites excluding steroid dienone is 20. The van der Waals surface area contributed by atoms with E-state index in [1.807, 2.05) is 12.2 Å². The van der Waals surface area contributed by atoms with Crippen LogP contribution in [0.4, 0.5) is 0 Å². The van der Waals surface area contributed by atoms with Crippen LogP contribution >= 0.6 is 0 Å². The highest BCUT2D eigenvalue weighted by Gasteiger charge is 2.50. The predicted molar refractivity (Wildman–Crippen MR) is 312 cm³/mol. The van der Waals surface area contributed by atoms with Crippen LogP contribution in [0.15, 0.2) is 122 Å². The molecule has 0 radical (unpaired) electrons. The highest BCUT2D eigenvalue weighted by Crippen LogP contribution is 2.26. The van der Waals surface area contributed by atoms with Crippen molar-refractivity contribution in [3.05, 3.63) is 122 Å². The number of aliphatic hydroxyl groups excluding tert-OH is 2. The Bertz CT molecular complexity index is 1800. The summed E-state index contributed by atoms with van der Waals surface area (Å²) in [5.74, 6) is -3.30. The van der Waals surface area contributed by atoms with Crippen molar-refractivity contribution in [2.75, 3.05) is 13.2 Å². The summed E-state index contributed by atoms with van der Waals surface area (Å²) in [7, 11) is 0. The number of rotatable bonds is 48. The molecule has 0 amide bonds. The molecule has 1 aliphatic heterocycles. The summed E-state index contributed by atoms with van der Waals surface area (Å²) >= 11 is 0. The van der Waals surface area contributed by atoms with Crippen molar-refractivity contribution in [2.45, 2.75) is 250 Å². The number of hydrogen-bond acceptors (Lipinski definition) is 11. The molecule has 6 unspecified atom stereocenters. The van der Waals surface area contributed by atoms with Crippen LogP contribution in [0.5, 0.6) is 0 Å². The van der Waals surface area contributed by atoms with Crippen LogP contribution in [0.3, 0.4) is 0 Å². The van der Waals surface area contributed by atoms with Gasteiger partial charge in [-0.1, -0.05) is 219 Å². The number of carbonyl (C=O) groups is 4. The number of unbranched alkanes of at least 4 members (excludes halogenated alkanes) is 14. The molecule has 3 N–H and O–H groups in total. The van der Waals surface area contributed by atoms with Crippen molar-refractivity contribution < 1.29 is 58.2 Å². The van der Waals surface area contributed by atoms with E-state index in [1.165, 1.54) is 51.4 Å². The fraction of sp³-hybridized carbons (Fsp3) is 0.631. The second-order valence-corrected chi connectivity index (χ2v) is 19.5. The Morgan fingerprint density at radius 1 is 0.442 bits per heavy atom. The standard InChI is InChI=1S/C65H102O12/c1-4-7-10-13-16-19-22-25-27-28-29-30-32-34-36-39-42-45-48-51-57(66)73-54-56(75-58(67)52-49-46-43-40-38-35-31-26-23-20-17-14-11-8-5-2)55-74-65-63(61(70)60(69)62(77-65)64(71)72)76-59(68)53-50-47-44-41-37-33-24-21-18-15-12-9-6-3/h7-8,10-11,16-17,19-20,25-27,29-31,34,36,38,40,42,45,56,60-63,65,69-70H,4-6,9,12-15,18,21-24,28,32-33,35,37,39,41,43-44,46-55H2,1-3H3,(H,71,72)/b10-7-,11-8-,19-16-,20-17-,27-25-,30-29-,31-26-,36-34-,40-38-,45-42-. The first-order valence-electron chi connectivity index (χ1n) is 29.5. The van der Waals surface area contributed by atoms with Crippen LogP contribution in [0.1, 0.15) is 213 Å².